The molecule has 18 heavy (non-hydrogen) atoms. The lowest BCUT2D eigenvalue weighted by Gasteiger charge is -2.34. The van der Waals surface area contributed by atoms with E-state index in [0.717, 1.165) is 24.8 Å². The number of hydrogen-bond donors (Lipinski definition) is 1. The molecular formula is C12H17BrN2O2S. The molecule has 0 unspecified atom stereocenters. The molecule has 1 aromatic rings. The number of nitrogens with two attached hydrogens (primary N) is 1. The summed E-state index contributed by atoms with van der Waals surface area (Å²) in [5, 5.41) is 0. The Bertz CT molecular complexity index is 541. The first-order valence-electron chi connectivity index (χ1n) is 5.93. The van der Waals surface area contributed by atoms with Gasteiger partial charge in [-0.25, -0.2) is 8.42 Å². The molecule has 0 saturated heterocycles. The third kappa shape index (κ3) is 2.47. The maximum Gasteiger partial charge on any atom is 0.244 e. The van der Waals surface area contributed by atoms with Crippen LogP contribution in [0.1, 0.15) is 24.8 Å². The van der Waals surface area contributed by atoms with Gasteiger partial charge in [0.05, 0.1) is 4.90 Å². The number of hydrogen-bond acceptors (Lipinski definition) is 3. The largest absolute Gasteiger partial charge is 0.326 e. The van der Waals surface area contributed by atoms with Crippen molar-refractivity contribution in [3.63, 3.8) is 0 Å². The Morgan fingerprint density at radius 3 is 2.61 bits per heavy atom. The minimum Gasteiger partial charge on any atom is -0.326 e. The summed E-state index contributed by atoms with van der Waals surface area (Å²) >= 11 is 3.31. The van der Waals surface area contributed by atoms with Gasteiger partial charge in [0.25, 0.3) is 0 Å². The highest BCUT2D eigenvalue weighted by atomic mass is 79.9. The first-order chi connectivity index (χ1) is 8.46. The molecule has 4 nitrogen and oxygen atoms in total. The predicted molar refractivity (Wildman–Crippen MR) is 74.6 cm³/mol. The molecule has 1 aliphatic carbocycles. The van der Waals surface area contributed by atoms with Crippen LogP contribution in [0.4, 0.5) is 0 Å². The lowest BCUT2D eigenvalue weighted by atomic mass is 9.94. The zero-order chi connectivity index (χ0) is 13.3. The van der Waals surface area contributed by atoms with Crippen molar-refractivity contribution in [2.24, 2.45) is 5.73 Å². The number of sulfonamides is 1. The van der Waals surface area contributed by atoms with E-state index >= 15 is 0 Å². The minimum atomic E-state index is -3.43. The normalized spacial score (nSPS) is 16.9. The summed E-state index contributed by atoms with van der Waals surface area (Å²) in [6.45, 7) is 0.336. The van der Waals surface area contributed by atoms with E-state index in [0.29, 0.717) is 15.9 Å². The average molecular weight is 333 g/mol. The summed E-state index contributed by atoms with van der Waals surface area (Å²) in [5.74, 6) is 0. The van der Waals surface area contributed by atoms with E-state index in [2.05, 4.69) is 15.9 Å². The van der Waals surface area contributed by atoms with Gasteiger partial charge in [0.2, 0.25) is 10.0 Å². The van der Waals surface area contributed by atoms with Gasteiger partial charge >= 0.3 is 0 Å². The Hall–Kier alpha value is -0.430. The summed E-state index contributed by atoms with van der Waals surface area (Å²) in [5.41, 5.74) is 6.38. The highest BCUT2D eigenvalue weighted by molar-refractivity contribution is 9.10. The first kappa shape index (κ1) is 14.0. The topological polar surface area (TPSA) is 63.4 Å². The monoisotopic (exact) mass is 332 g/mol. The van der Waals surface area contributed by atoms with Crippen LogP contribution in [0.15, 0.2) is 27.6 Å². The van der Waals surface area contributed by atoms with Crippen molar-refractivity contribution < 1.29 is 8.42 Å². The zero-order valence-electron chi connectivity index (χ0n) is 10.3. The molecule has 0 atom stereocenters. The number of halogens is 1. The van der Waals surface area contributed by atoms with Crippen molar-refractivity contribution >= 4 is 26.0 Å². The van der Waals surface area contributed by atoms with Gasteiger partial charge < -0.3 is 5.73 Å². The zero-order valence-corrected chi connectivity index (χ0v) is 12.7. The number of nitrogens with zero attached hydrogens (tertiary/aromatic N) is 1. The molecule has 0 aliphatic heterocycles. The van der Waals surface area contributed by atoms with Crippen molar-refractivity contribution in [1.29, 1.82) is 0 Å². The third-order valence-electron chi connectivity index (χ3n) is 3.48. The van der Waals surface area contributed by atoms with E-state index in [1.807, 2.05) is 6.07 Å². The number of benzene rings is 1. The van der Waals surface area contributed by atoms with Crippen LogP contribution in [0.3, 0.4) is 0 Å². The summed E-state index contributed by atoms with van der Waals surface area (Å²) in [4.78, 5) is 0.305. The van der Waals surface area contributed by atoms with Crippen molar-refractivity contribution in [3.8, 4) is 0 Å². The van der Waals surface area contributed by atoms with E-state index in [4.69, 9.17) is 5.73 Å². The molecule has 2 rings (SSSR count). The fraction of sp³-hybridized carbons (Fsp3) is 0.500. The molecule has 6 heteroatoms. The molecule has 0 radical (unpaired) electrons. The van der Waals surface area contributed by atoms with Gasteiger partial charge in [0.15, 0.2) is 0 Å². The van der Waals surface area contributed by atoms with Crippen molar-refractivity contribution in [3.05, 3.63) is 28.2 Å². The van der Waals surface area contributed by atoms with Gasteiger partial charge in [-0.1, -0.05) is 12.5 Å². The van der Waals surface area contributed by atoms with E-state index in [-0.39, 0.29) is 6.04 Å². The molecule has 0 bridgehead atoms. The molecule has 0 spiro atoms. The maximum atomic E-state index is 12.5. The molecule has 1 aliphatic rings. The van der Waals surface area contributed by atoms with Crippen molar-refractivity contribution in [1.82, 2.24) is 4.31 Å². The van der Waals surface area contributed by atoms with Crippen LogP contribution in [0.25, 0.3) is 0 Å². The lowest BCUT2D eigenvalue weighted by Crippen LogP contribution is -2.41. The summed E-state index contributed by atoms with van der Waals surface area (Å²) in [6, 6.07) is 5.36. The van der Waals surface area contributed by atoms with Crippen LogP contribution in [0.5, 0.6) is 0 Å². The van der Waals surface area contributed by atoms with Crippen molar-refractivity contribution in [2.75, 3.05) is 7.05 Å². The van der Waals surface area contributed by atoms with Crippen LogP contribution >= 0.6 is 15.9 Å². The van der Waals surface area contributed by atoms with Gasteiger partial charge in [-0.3, -0.25) is 0 Å². The standard InChI is InChI=1S/C12H17BrN2O2S/c1-15(10-3-2-4-10)18(16,17)12-7-9(8-14)5-6-11(12)13/h5-7,10H,2-4,8,14H2,1H3. The highest BCUT2D eigenvalue weighted by Crippen LogP contribution is 2.31. The van der Waals surface area contributed by atoms with Gasteiger partial charge in [0.1, 0.15) is 0 Å². The summed E-state index contributed by atoms with van der Waals surface area (Å²) in [7, 11) is -1.78. The van der Waals surface area contributed by atoms with Crippen LogP contribution in [0.2, 0.25) is 0 Å². The SMILES string of the molecule is CN(C1CCC1)S(=O)(=O)c1cc(CN)ccc1Br. The van der Waals surface area contributed by atoms with Crippen LogP contribution in [-0.4, -0.2) is 25.8 Å². The lowest BCUT2D eigenvalue weighted by molar-refractivity contribution is 0.249. The second-order valence-electron chi connectivity index (χ2n) is 4.57. The molecule has 1 aromatic carbocycles. The summed E-state index contributed by atoms with van der Waals surface area (Å²) in [6.07, 6.45) is 3.00. The third-order valence-corrected chi connectivity index (χ3v) is 6.38. The Labute approximate surface area is 116 Å². The molecular weight excluding hydrogens is 316 g/mol. The van der Waals surface area contributed by atoms with E-state index in [9.17, 15) is 8.42 Å². The quantitative estimate of drug-likeness (QED) is 0.918. The van der Waals surface area contributed by atoms with E-state index in [1.165, 1.54) is 4.31 Å². The number of rotatable bonds is 4. The maximum absolute atomic E-state index is 12.5. The Morgan fingerprint density at radius 2 is 2.11 bits per heavy atom. The van der Waals surface area contributed by atoms with E-state index < -0.39 is 10.0 Å². The van der Waals surface area contributed by atoms with Crippen LogP contribution in [0, 0.1) is 0 Å². The average Bonchev–Trinajstić information content (AvgIpc) is 2.27. The minimum absolute atomic E-state index is 0.142. The van der Waals surface area contributed by atoms with Crippen molar-refractivity contribution in [2.45, 2.75) is 36.7 Å². The molecule has 0 amide bonds. The molecule has 100 valence electrons. The van der Waals surface area contributed by atoms with Gasteiger partial charge in [0, 0.05) is 24.1 Å². The summed E-state index contributed by atoms with van der Waals surface area (Å²) < 4.78 is 27.1. The van der Waals surface area contributed by atoms with Gasteiger partial charge in [-0.15, -0.1) is 0 Å². The van der Waals surface area contributed by atoms with Gasteiger partial charge in [-0.05, 0) is 46.5 Å². The van der Waals surface area contributed by atoms with Crippen LogP contribution < -0.4 is 5.73 Å². The van der Waals surface area contributed by atoms with Crippen LogP contribution in [-0.2, 0) is 16.6 Å². The Kier molecular flexibility index (Phi) is 4.11. The van der Waals surface area contributed by atoms with Gasteiger partial charge in [-0.2, -0.15) is 4.31 Å². The highest BCUT2D eigenvalue weighted by Gasteiger charge is 2.32. The second kappa shape index (κ2) is 5.28. The fourth-order valence-electron chi connectivity index (χ4n) is 1.97. The molecule has 0 heterocycles. The molecule has 2 N–H and O–H groups in total. The van der Waals surface area contributed by atoms with E-state index in [1.54, 1.807) is 19.2 Å². The molecule has 0 aromatic heterocycles. The Morgan fingerprint density at radius 1 is 1.44 bits per heavy atom. The molecule has 1 saturated carbocycles. The fourth-order valence-corrected chi connectivity index (χ4v) is 4.36. The predicted octanol–water partition coefficient (Wildman–Crippen LogP) is 2.08. The smallest absolute Gasteiger partial charge is 0.244 e. The Balaban J connectivity index is 2.39. The molecule has 1 fully saturated rings. The first-order valence-corrected chi connectivity index (χ1v) is 8.16. The second-order valence-corrected chi connectivity index (χ2v) is 7.40.